The van der Waals surface area contributed by atoms with Crippen LogP contribution in [-0.2, 0) is 0 Å². The first kappa shape index (κ1) is 17.3. The lowest BCUT2D eigenvalue weighted by Crippen LogP contribution is -2.09. The lowest BCUT2D eigenvalue weighted by Gasteiger charge is -2.14. The zero-order valence-corrected chi connectivity index (χ0v) is 14.1. The standard InChI is InChI=1S/C17H16FN5O3/c1-11(15-10-22(21-20-15)12-6-4-3-5-7-12)19-14-9-17(26-2)13(18)8-16(14)23(24)25/h3-11,19H,1-2H3. The number of ether oxygens (including phenoxy) is 1. The summed E-state index contributed by atoms with van der Waals surface area (Å²) in [5, 5.41) is 22.3. The van der Waals surface area contributed by atoms with Crippen LogP contribution in [0, 0.1) is 15.9 Å². The Morgan fingerprint density at radius 2 is 2.04 bits per heavy atom. The van der Waals surface area contributed by atoms with Gasteiger partial charge in [0.1, 0.15) is 11.4 Å². The molecule has 0 saturated carbocycles. The largest absolute Gasteiger partial charge is 0.494 e. The highest BCUT2D eigenvalue weighted by atomic mass is 19.1. The number of benzene rings is 2. The molecule has 0 bridgehead atoms. The molecule has 0 fully saturated rings. The van der Waals surface area contributed by atoms with Crippen molar-refractivity contribution >= 4 is 11.4 Å². The minimum Gasteiger partial charge on any atom is -0.494 e. The fraction of sp³-hybridized carbons (Fsp3) is 0.176. The molecule has 0 spiro atoms. The molecule has 9 heteroatoms. The monoisotopic (exact) mass is 357 g/mol. The Morgan fingerprint density at radius 3 is 2.69 bits per heavy atom. The number of nitrogens with zero attached hydrogens (tertiary/aromatic N) is 4. The molecule has 0 amide bonds. The normalized spacial score (nSPS) is 11.8. The van der Waals surface area contributed by atoms with Gasteiger partial charge in [0.2, 0.25) is 0 Å². The number of nitro groups is 1. The molecular formula is C17H16FN5O3. The Bertz CT molecular complexity index is 929. The average molecular weight is 357 g/mol. The fourth-order valence-corrected chi connectivity index (χ4v) is 2.46. The van der Waals surface area contributed by atoms with Gasteiger partial charge in [-0.15, -0.1) is 5.10 Å². The molecule has 1 aromatic heterocycles. The number of aromatic nitrogens is 3. The van der Waals surface area contributed by atoms with Crippen molar-refractivity contribution in [3.63, 3.8) is 0 Å². The van der Waals surface area contributed by atoms with E-state index in [4.69, 9.17) is 4.74 Å². The maximum atomic E-state index is 13.8. The van der Waals surface area contributed by atoms with Crippen molar-refractivity contribution in [3.05, 3.63) is 70.3 Å². The van der Waals surface area contributed by atoms with Gasteiger partial charge < -0.3 is 10.1 Å². The molecule has 1 unspecified atom stereocenters. The highest BCUT2D eigenvalue weighted by Crippen LogP contribution is 2.33. The van der Waals surface area contributed by atoms with Gasteiger partial charge in [-0.2, -0.15) is 0 Å². The quantitative estimate of drug-likeness (QED) is 0.536. The summed E-state index contributed by atoms with van der Waals surface area (Å²) in [6, 6.07) is 11.1. The number of nitrogens with one attached hydrogen (secondary N) is 1. The van der Waals surface area contributed by atoms with E-state index < -0.39 is 16.8 Å². The third-order valence-corrected chi connectivity index (χ3v) is 3.81. The highest BCUT2D eigenvalue weighted by molar-refractivity contribution is 5.65. The smallest absolute Gasteiger partial charge is 0.295 e. The van der Waals surface area contributed by atoms with Crippen molar-refractivity contribution in [1.82, 2.24) is 15.0 Å². The molecular weight excluding hydrogens is 341 g/mol. The van der Waals surface area contributed by atoms with Crippen LogP contribution < -0.4 is 10.1 Å². The molecule has 1 heterocycles. The molecule has 2 aromatic carbocycles. The van der Waals surface area contributed by atoms with E-state index in [2.05, 4.69) is 15.6 Å². The molecule has 0 radical (unpaired) electrons. The number of anilines is 1. The second kappa shape index (κ2) is 7.18. The SMILES string of the molecule is COc1cc(NC(C)c2cn(-c3ccccc3)nn2)c([N+](=O)[O-])cc1F. The van der Waals surface area contributed by atoms with Gasteiger partial charge >= 0.3 is 0 Å². The van der Waals surface area contributed by atoms with Crippen LogP contribution in [0.2, 0.25) is 0 Å². The Morgan fingerprint density at radius 1 is 1.31 bits per heavy atom. The molecule has 0 saturated heterocycles. The molecule has 3 rings (SSSR count). The van der Waals surface area contributed by atoms with Crippen molar-refractivity contribution in [2.75, 3.05) is 12.4 Å². The van der Waals surface area contributed by atoms with Crippen molar-refractivity contribution in [1.29, 1.82) is 0 Å². The van der Waals surface area contributed by atoms with E-state index in [0.29, 0.717) is 5.69 Å². The summed E-state index contributed by atoms with van der Waals surface area (Å²) in [5.41, 5.74) is 1.17. The number of hydrogen-bond donors (Lipinski definition) is 1. The Kier molecular flexibility index (Phi) is 4.78. The summed E-state index contributed by atoms with van der Waals surface area (Å²) in [6.45, 7) is 1.78. The lowest BCUT2D eigenvalue weighted by atomic mass is 10.2. The predicted molar refractivity (Wildman–Crippen MR) is 93.0 cm³/mol. The molecule has 26 heavy (non-hydrogen) atoms. The van der Waals surface area contributed by atoms with E-state index in [1.54, 1.807) is 17.8 Å². The first-order chi connectivity index (χ1) is 12.5. The van der Waals surface area contributed by atoms with Crippen LogP contribution in [0.3, 0.4) is 0 Å². The van der Waals surface area contributed by atoms with Gasteiger partial charge in [-0.3, -0.25) is 10.1 Å². The van der Waals surface area contributed by atoms with Gasteiger partial charge in [0.25, 0.3) is 5.69 Å². The van der Waals surface area contributed by atoms with Gasteiger partial charge in [-0.1, -0.05) is 23.4 Å². The van der Waals surface area contributed by atoms with Crippen LogP contribution >= 0.6 is 0 Å². The maximum Gasteiger partial charge on any atom is 0.295 e. The van der Waals surface area contributed by atoms with E-state index in [1.165, 1.54) is 13.2 Å². The first-order valence-electron chi connectivity index (χ1n) is 7.75. The van der Waals surface area contributed by atoms with Crippen LogP contribution in [0.15, 0.2) is 48.7 Å². The predicted octanol–water partition coefficient (Wildman–Crippen LogP) is 3.50. The van der Waals surface area contributed by atoms with Crippen LogP contribution in [0.25, 0.3) is 5.69 Å². The molecule has 3 aromatic rings. The lowest BCUT2D eigenvalue weighted by molar-refractivity contribution is -0.384. The summed E-state index contributed by atoms with van der Waals surface area (Å²) < 4.78 is 20.3. The number of rotatable bonds is 6. The van der Waals surface area contributed by atoms with E-state index >= 15 is 0 Å². The number of hydrogen-bond acceptors (Lipinski definition) is 6. The third kappa shape index (κ3) is 3.46. The van der Waals surface area contributed by atoms with Gasteiger partial charge in [0.15, 0.2) is 11.6 Å². The van der Waals surface area contributed by atoms with Crippen molar-refractivity contribution in [2.45, 2.75) is 13.0 Å². The van der Waals surface area contributed by atoms with Crippen LogP contribution in [0.4, 0.5) is 15.8 Å². The second-order valence-electron chi connectivity index (χ2n) is 5.55. The number of para-hydroxylation sites is 1. The molecule has 0 aliphatic carbocycles. The Hall–Kier alpha value is -3.49. The van der Waals surface area contributed by atoms with Crippen molar-refractivity contribution in [2.24, 2.45) is 0 Å². The first-order valence-corrected chi connectivity index (χ1v) is 7.75. The van der Waals surface area contributed by atoms with Crippen molar-refractivity contribution in [3.8, 4) is 11.4 Å². The van der Waals surface area contributed by atoms with Crippen LogP contribution in [0.5, 0.6) is 5.75 Å². The van der Waals surface area contributed by atoms with Gasteiger partial charge in [0, 0.05) is 6.07 Å². The fourth-order valence-electron chi connectivity index (χ4n) is 2.46. The van der Waals surface area contributed by atoms with Crippen LogP contribution in [0.1, 0.15) is 18.7 Å². The summed E-state index contributed by atoms with van der Waals surface area (Å²) in [5.74, 6) is -0.884. The molecule has 0 aliphatic rings. The second-order valence-corrected chi connectivity index (χ2v) is 5.55. The summed E-state index contributed by atoms with van der Waals surface area (Å²) in [7, 11) is 1.29. The zero-order valence-electron chi connectivity index (χ0n) is 14.1. The number of methoxy groups -OCH3 is 1. The van der Waals surface area contributed by atoms with E-state index in [-0.39, 0.29) is 17.1 Å². The zero-order chi connectivity index (χ0) is 18.7. The Balaban J connectivity index is 1.87. The summed E-state index contributed by atoms with van der Waals surface area (Å²) in [6.07, 6.45) is 1.72. The molecule has 1 atom stereocenters. The third-order valence-electron chi connectivity index (χ3n) is 3.81. The topological polar surface area (TPSA) is 95.1 Å². The number of nitro benzene ring substituents is 1. The number of halogens is 1. The molecule has 134 valence electrons. The van der Waals surface area contributed by atoms with Crippen LogP contribution in [-0.4, -0.2) is 27.0 Å². The average Bonchev–Trinajstić information content (AvgIpc) is 3.13. The Labute approximate surface area is 148 Å². The maximum absolute atomic E-state index is 13.8. The van der Waals surface area contributed by atoms with E-state index in [0.717, 1.165) is 11.8 Å². The van der Waals surface area contributed by atoms with E-state index in [9.17, 15) is 14.5 Å². The van der Waals surface area contributed by atoms with Gasteiger partial charge in [-0.05, 0) is 19.1 Å². The summed E-state index contributed by atoms with van der Waals surface area (Å²) >= 11 is 0. The highest BCUT2D eigenvalue weighted by Gasteiger charge is 2.21. The minimum atomic E-state index is -0.799. The van der Waals surface area contributed by atoms with Gasteiger partial charge in [-0.25, -0.2) is 9.07 Å². The minimum absolute atomic E-state index is 0.0850. The van der Waals surface area contributed by atoms with Gasteiger partial charge in [0.05, 0.1) is 36.0 Å². The van der Waals surface area contributed by atoms with Crippen molar-refractivity contribution < 1.29 is 14.1 Å². The molecule has 8 nitrogen and oxygen atoms in total. The molecule has 1 N–H and O–H groups in total. The summed E-state index contributed by atoms with van der Waals surface area (Å²) in [4.78, 5) is 10.6. The molecule has 0 aliphatic heterocycles. The van der Waals surface area contributed by atoms with E-state index in [1.807, 2.05) is 30.3 Å².